The number of anilines is 1. The molecule has 2 unspecified atom stereocenters. The zero-order chi connectivity index (χ0) is 25.0. The summed E-state index contributed by atoms with van der Waals surface area (Å²) in [5.74, 6) is -0.0369. The highest BCUT2D eigenvalue weighted by Crippen LogP contribution is 2.58. The minimum absolute atomic E-state index is 0.181. The lowest BCUT2D eigenvalue weighted by Gasteiger charge is -2.41. The molecule has 0 bridgehead atoms. The first-order valence-corrected chi connectivity index (χ1v) is 14.9. The second-order valence-corrected chi connectivity index (χ2v) is 13.6. The molecule has 190 valence electrons. The minimum atomic E-state index is -2.46. The van der Waals surface area contributed by atoms with Crippen molar-refractivity contribution in [3.63, 3.8) is 0 Å². The van der Waals surface area contributed by atoms with Gasteiger partial charge in [-0.05, 0) is 54.9 Å². The van der Waals surface area contributed by atoms with Gasteiger partial charge in [0.15, 0.2) is 0 Å². The number of nitrogens with zero attached hydrogens (tertiary/aromatic N) is 3. The molecule has 2 saturated carbocycles. The molecule has 3 heterocycles. The van der Waals surface area contributed by atoms with Crippen molar-refractivity contribution in [2.45, 2.75) is 25.2 Å². The van der Waals surface area contributed by atoms with Gasteiger partial charge in [-0.2, -0.15) is 10.6 Å². The fourth-order valence-corrected chi connectivity index (χ4v) is 8.05. The van der Waals surface area contributed by atoms with Gasteiger partial charge < -0.3 is 10.0 Å². The van der Waals surface area contributed by atoms with Gasteiger partial charge in [0.1, 0.15) is 10.8 Å². The first kappa shape index (κ1) is 23.8. The lowest BCUT2D eigenvalue weighted by molar-refractivity contribution is -0.143. The molecule has 1 aromatic carbocycles. The van der Waals surface area contributed by atoms with E-state index in [1.54, 1.807) is 6.20 Å². The average Bonchev–Trinajstić information content (AvgIpc) is 3.49. The summed E-state index contributed by atoms with van der Waals surface area (Å²) in [5, 5.41) is 10.7. The molecule has 10 heteroatoms. The molecule has 3 aromatic rings. The van der Waals surface area contributed by atoms with E-state index in [0.29, 0.717) is 53.4 Å². The van der Waals surface area contributed by atoms with E-state index in [-0.39, 0.29) is 5.92 Å². The SMILES string of the molecule is O=C(O)[C@@H]1CC2CC2C[C@H]1c1nc(-c2cncc(F)c2)sc1-c1ccc(N2CCS(O)(O)CC2)cc1. The zero-order valence-corrected chi connectivity index (χ0v) is 21.2. The third kappa shape index (κ3) is 4.63. The summed E-state index contributed by atoms with van der Waals surface area (Å²) in [5.41, 5.74) is 3.33. The summed E-state index contributed by atoms with van der Waals surface area (Å²) in [4.78, 5) is 24.2. The van der Waals surface area contributed by atoms with E-state index in [4.69, 9.17) is 4.98 Å². The monoisotopic (exact) mass is 529 g/mol. The van der Waals surface area contributed by atoms with Gasteiger partial charge in [-0.15, -0.1) is 11.3 Å². The summed E-state index contributed by atoms with van der Waals surface area (Å²) in [7, 11) is -2.46. The Morgan fingerprint density at radius 2 is 1.75 bits per heavy atom. The third-order valence-corrected chi connectivity index (χ3v) is 10.7. The van der Waals surface area contributed by atoms with Crippen LogP contribution in [0.4, 0.5) is 10.1 Å². The molecule has 3 N–H and O–H groups in total. The van der Waals surface area contributed by atoms with Crippen LogP contribution < -0.4 is 4.90 Å². The Morgan fingerprint density at radius 3 is 2.44 bits per heavy atom. The van der Waals surface area contributed by atoms with Gasteiger partial charge in [0, 0.05) is 36.5 Å². The highest BCUT2D eigenvalue weighted by Gasteiger charge is 2.50. The number of aliphatic carboxylic acids is 1. The van der Waals surface area contributed by atoms with Crippen LogP contribution in [-0.2, 0) is 4.79 Å². The number of carboxylic acids is 1. The Morgan fingerprint density at radius 1 is 1.03 bits per heavy atom. The van der Waals surface area contributed by atoms with Crippen LogP contribution >= 0.6 is 21.9 Å². The number of rotatable bonds is 5. The molecular formula is C26H28FN3O4S2. The van der Waals surface area contributed by atoms with Crippen molar-refractivity contribution >= 4 is 33.6 Å². The molecule has 2 aromatic heterocycles. The Labute approximate surface area is 214 Å². The summed E-state index contributed by atoms with van der Waals surface area (Å²) < 4.78 is 33.8. The number of fused-ring (bicyclic) bond motifs is 1. The molecule has 6 rings (SSSR count). The number of halogens is 1. The van der Waals surface area contributed by atoms with Crippen molar-refractivity contribution < 1.29 is 23.4 Å². The van der Waals surface area contributed by atoms with Crippen LogP contribution in [0.3, 0.4) is 0 Å². The van der Waals surface area contributed by atoms with E-state index in [2.05, 4.69) is 9.88 Å². The molecule has 1 aliphatic heterocycles. The molecule has 0 spiro atoms. The second-order valence-electron chi connectivity index (χ2n) is 10.1. The van der Waals surface area contributed by atoms with Crippen LogP contribution in [0.1, 0.15) is 30.9 Å². The van der Waals surface area contributed by atoms with E-state index in [0.717, 1.165) is 40.9 Å². The van der Waals surface area contributed by atoms with E-state index < -0.39 is 28.3 Å². The van der Waals surface area contributed by atoms with Crippen LogP contribution in [0.5, 0.6) is 0 Å². The molecule has 0 amide bonds. The Balaban J connectivity index is 1.37. The van der Waals surface area contributed by atoms with E-state index >= 15 is 0 Å². The molecule has 3 aliphatic rings. The molecule has 7 nitrogen and oxygen atoms in total. The average molecular weight is 530 g/mol. The molecule has 2 aliphatic carbocycles. The normalized spacial score (nSPS) is 27.8. The quantitative estimate of drug-likeness (QED) is 0.384. The summed E-state index contributed by atoms with van der Waals surface area (Å²) >= 11 is 1.45. The Bertz CT molecular complexity index is 1290. The van der Waals surface area contributed by atoms with Gasteiger partial charge in [-0.25, -0.2) is 9.37 Å². The fraction of sp³-hybridized carbons (Fsp3) is 0.423. The number of pyridine rings is 1. The standard InChI is InChI=1S/C26H28FN3O4S2/c27-19-10-18(13-28-14-19)25-29-23(21-11-16-9-17(16)12-22(21)26(31)32)24(35-25)15-1-3-20(4-2-15)30-5-7-36(33,34)8-6-30/h1-4,10,13-14,16-17,21-22,33-34H,5-9,11-12H2,(H,31,32)/t16?,17?,21-,22-/m1/s1. The highest BCUT2D eigenvalue weighted by atomic mass is 32.3. The number of aromatic nitrogens is 2. The molecule has 1 saturated heterocycles. The van der Waals surface area contributed by atoms with Gasteiger partial charge in [-0.1, -0.05) is 12.1 Å². The molecule has 4 atom stereocenters. The van der Waals surface area contributed by atoms with Crippen molar-refractivity contribution in [2.24, 2.45) is 17.8 Å². The van der Waals surface area contributed by atoms with Crippen molar-refractivity contribution in [3.8, 4) is 21.0 Å². The maximum atomic E-state index is 13.9. The van der Waals surface area contributed by atoms with E-state index in [9.17, 15) is 23.4 Å². The van der Waals surface area contributed by atoms with Crippen molar-refractivity contribution in [1.82, 2.24) is 9.97 Å². The van der Waals surface area contributed by atoms with Crippen LogP contribution in [0.25, 0.3) is 21.0 Å². The molecular weight excluding hydrogens is 501 g/mol. The summed E-state index contributed by atoms with van der Waals surface area (Å²) in [6, 6.07) is 9.49. The molecule has 0 radical (unpaired) electrons. The summed E-state index contributed by atoms with van der Waals surface area (Å²) in [6.45, 7) is 1.18. The lowest BCUT2D eigenvalue weighted by Crippen LogP contribution is -2.38. The van der Waals surface area contributed by atoms with Gasteiger partial charge in [0.25, 0.3) is 0 Å². The second kappa shape index (κ2) is 9.09. The van der Waals surface area contributed by atoms with Crippen LogP contribution in [-0.4, -0.2) is 54.7 Å². The number of benzene rings is 1. The Kier molecular flexibility index (Phi) is 6.02. The van der Waals surface area contributed by atoms with Gasteiger partial charge in [0.2, 0.25) is 0 Å². The van der Waals surface area contributed by atoms with Crippen LogP contribution in [0.15, 0.2) is 42.7 Å². The maximum absolute atomic E-state index is 13.9. The number of carboxylic acid groups (broad SMARTS) is 1. The molecule has 36 heavy (non-hydrogen) atoms. The van der Waals surface area contributed by atoms with Gasteiger partial charge >= 0.3 is 5.97 Å². The van der Waals surface area contributed by atoms with Crippen molar-refractivity contribution in [1.29, 1.82) is 0 Å². The predicted octanol–water partition coefficient (Wildman–Crippen LogP) is 5.80. The lowest BCUT2D eigenvalue weighted by atomic mass is 9.77. The highest BCUT2D eigenvalue weighted by molar-refractivity contribution is 8.24. The maximum Gasteiger partial charge on any atom is 0.307 e. The van der Waals surface area contributed by atoms with Crippen LogP contribution in [0.2, 0.25) is 0 Å². The first-order valence-electron chi connectivity index (χ1n) is 12.2. The molecule has 3 fully saturated rings. The van der Waals surface area contributed by atoms with E-state index in [1.165, 1.54) is 17.4 Å². The zero-order valence-electron chi connectivity index (χ0n) is 19.6. The fourth-order valence-electron chi connectivity index (χ4n) is 5.69. The summed E-state index contributed by atoms with van der Waals surface area (Å²) in [6.07, 6.45) is 5.34. The van der Waals surface area contributed by atoms with Crippen molar-refractivity contribution in [3.05, 3.63) is 54.2 Å². The minimum Gasteiger partial charge on any atom is -0.481 e. The topological polar surface area (TPSA) is 107 Å². The largest absolute Gasteiger partial charge is 0.481 e. The number of carbonyl (C=O) groups is 1. The van der Waals surface area contributed by atoms with Crippen LogP contribution in [0, 0.1) is 23.6 Å². The van der Waals surface area contributed by atoms with E-state index in [1.807, 2.05) is 24.3 Å². The van der Waals surface area contributed by atoms with Crippen molar-refractivity contribution in [2.75, 3.05) is 29.5 Å². The Hall–Kier alpha value is -2.53. The first-order chi connectivity index (χ1) is 17.3. The van der Waals surface area contributed by atoms with Gasteiger partial charge in [0.05, 0.1) is 34.2 Å². The number of thiazole rings is 1. The third-order valence-electron chi connectivity index (χ3n) is 7.81. The number of hydrogen-bond acceptors (Lipinski definition) is 7. The number of hydrogen-bond donors (Lipinski definition) is 3. The predicted molar refractivity (Wildman–Crippen MR) is 140 cm³/mol. The smallest absolute Gasteiger partial charge is 0.307 e. The van der Waals surface area contributed by atoms with Gasteiger partial charge in [-0.3, -0.25) is 18.9 Å².